The van der Waals surface area contributed by atoms with Crippen molar-refractivity contribution in [3.05, 3.63) is 12.3 Å². The maximum absolute atomic E-state index is 11.3. The number of nitrogens with zero attached hydrogens (tertiary/aromatic N) is 4. The number of nitrogens with one attached hydrogen (secondary N) is 1. The molecule has 1 amide bonds. The van der Waals surface area contributed by atoms with Crippen LogP contribution in [0, 0.1) is 0 Å². The van der Waals surface area contributed by atoms with Gasteiger partial charge in [0.05, 0.1) is 12.6 Å². The number of β-amino-alcohol motifs (C(OH)–C–C–N with tert-alkyl or cyclic N) is 1. The topological polar surface area (TPSA) is 90.8 Å². The predicted octanol–water partition coefficient (Wildman–Crippen LogP) is 0.516. The smallest absolute Gasteiger partial charge is 0.407 e. The zero-order valence-electron chi connectivity index (χ0n) is 13.6. The SMILES string of the molecule is O=C1NCC2(CCN(c3nccc(N4CCC[C@@H](O)C4)n3)CC2)O1. The van der Waals surface area contributed by atoms with E-state index in [1.54, 1.807) is 6.20 Å². The molecule has 0 radical (unpaired) electrons. The van der Waals surface area contributed by atoms with Crippen molar-refractivity contribution in [2.75, 3.05) is 42.5 Å². The summed E-state index contributed by atoms with van der Waals surface area (Å²) in [5.74, 6) is 1.58. The highest BCUT2D eigenvalue weighted by Gasteiger charge is 2.43. The zero-order chi connectivity index (χ0) is 16.6. The summed E-state index contributed by atoms with van der Waals surface area (Å²) in [6.45, 7) is 3.66. The van der Waals surface area contributed by atoms with Gasteiger partial charge in [0.25, 0.3) is 0 Å². The second-order valence-electron chi connectivity index (χ2n) is 6.87. The molecule has 3 fully saturated rings. The Morgan fingerprint density at radius 2 is 2.12 bits per heavy atom. The van der Waals surface area contributed by atoms with Crippen LogP contribution in [0.4, 0.5) is 16.6 Å². The maximum Gasteiger partial charge on any atom is 0.407 e. The summed E-state index contributed by atoms with van der Waals surface area (Å²) in [5.41, 5.74) is -0.359. The van der Waals surface area contributed by atoms with Crippen molar-refractivity contribution in [3.63, 3.8) is 0 Å². The molecule has 8 nitrogen and oxygen atoms in total. The minimum absolute atomic E-state index is 0.281. The molecule has 1 aromatic rings. The van der Waals surface area contributed by atoms with Crippen molar-refractivity contribution >= 4 is 17.9 Å². The Balaban J connectivity index is 1.44. The third-order valence-corrected chi connectivity index (χ3v) is 5.17. The summed E-state index contributed by atoms with van der Waals surface area (Å²) < 4.78 is 5.45. The number of anilines is 2. The molecular weight excluding hydrogens is 310 g/mol. The molecule has 0 aromatic carbocycles. The van der Waals surface area contributed by atoms with Crippen molar-refractivity contribution in [2.24, 2.45) is 0 Å². The molecule has 2 N–H and O–H groups in total. The second kappa shape index (κ2) is 6.08. The number of amides is 1. The van der Waals surface area contributed by atoms with Gasteiger partial charge in [0, 0.05) is 45.2 Å². The fourth-order valence-corrected chi connectivity index (χ4v) is 3.73. The minimum atomic E-state index is -0.359. The van der Waals surface area contributed by atoms with E-state index in [0.717, 1.165) is 51.1 Å². The summed E-state index contributed by atoms with van der Waals surface area (Å²) in [6.07, 6.45) is 4.58. The van der Waals surface area contributed by atoms with E-state index >= 15 is 0 Å². The highest BCUT2D eigenvalue weighted by molar-refractivity contribution is 5.70. The number of aromatic nitrogens is 2. The molecule has 1 spiro atoms. The summed E-state index contributed by atoms with van der Waals surface area (Å²) in [4.78, 5) is 24.7. The number of piperidine rings is 2. The van der Waals surface area contributed by atoms with Gasteiger partial charge in [0.1, 0.15) is 11.4 Å². The van der Waals surface area contributed by atoms with E-state index in [0.29, 0.717) is 19.0 Å². The Morgan fingerprint density at radius 1 is 1.29 bits per heavy atom. The summed E-state index contributed by atoms with van der Waals surface area (Å²) in [5, 5.41) is 12.6. The third kappa shape index (κ3) is 2.98. The first-order chi connectivity index (χ1) is 11.6. The van der Waals surface area contributed by atoms with Crippen LogP contribution in [0.5, 0.6) is 0 Å². The van der Waals surface area contributed by atoms with Gasteiger partial charge in [0.2, 0.25) is 5.95 Å². The van der Waals surface area contributed by atoms with E-state index < -0.39 is 0 Å². The van der Waals surface area contributed by atoms with Crippen LogP contribution in [0.2, 0.25) is 0 Å². The molecule has 0 aliphatic carbocycles. The zero-order valence-corrected chi connectivity index (χ0v) is 13.6. The van der Waals surface area contributed by atoms with E-state index in [9.17, 15) is 9.90 Å². The number of aliphatic hydroxyl groups excluding tert-OH is 1. The average molecular weight is 333 g/mol. The molecule has 4 rings (SSSR count). The molecule has 0 bridgehead atoms. The molecule has 1 atom stereocenters. The monoisotopic (exact) mass is 333 g/mol. The van der Waals surface area contributed by atoms with Gasteiger partial charge >= 0.3 is 6.09 Å². The molecule has 0 unspecified atom stereocenters. The lowest BCUT2D eigenvalue weighted by atomic mass is 9.92. The van der Waals surface area contributed by atoms with E-state index in [2.05, 4.69) is 20.1 Å². The third-order valence-electron chi connectivity index (χ3n) is 5.17. The van der Waals surface area contributed by atoms with Crippen molar-refractivity contribution < 1.29 is 14.6 Å². The van der Waals surface area contributed by atoms with Crippen LogP contribution in [-0.4, -0.2) is 65.6 Å². The number of carbonyl (C=O) groups excluding carboxylic acids is 1. The van der Waals surface area contributed by atoms with Gasteiger partial charge in [-0.15, -0.1) is 0 Å². The predicted molar refractivity (Wildman–Crippen MR) is 88.1 cm³/mol. The Labute approximate surface area is 140 Å². The molecule has 1 aromatic heterocycles. The Bertz CT molecular complexity index is 617. The highest BCUT2D eigenvalue weighted by atomic mass is 16.6. The minimum Gasteiger partial charge on any atom is -0.441 e. The largest absolute Gasteiger partial charge is 0.441 e. The summed E-state index contributed by atoms with van der Waals surface area (Å²) in [7, 11) is 0. The molecule has 8 heteroatoms. The van der Waals surface area contributed by atoms with Gasteiger partial charge in [-0.25, -0.2) is 9.78 Å². The normalized spacial score (nSPS) is 26.4. The molecule has 4 heterocycles. The number of hydrogen-bond acceptors (Lipinski definition) is 7. The second-order valence-corrected chi connectivity index (χ2v) is 6.87. The van der Waals surface area contributed by atoms with Crippen LogP contribution < -0.4 is 15.1 Å². The van der Waals surface area contributed by atoms with Gasteiger partial charge in [0.15, 0.2) is 0 Å². The van der Waals surface area contributed by atoms with Crippen LogP contribution in [0.1, 0.15) is 25.7 Å². The van der Waals surface area contributed by atoms with Crippen molar-refractivity contribution in [2.45, 2.75) is 37.4 Å². The molecule has 3 aliphatic heterocycles. The van der Waals surface area contributed by atoms with Gasteiger partial charge < -0.3 is 25.0 Å². The standard InChI is InChI=1S/C16H23N5O3/c22-12-2-1-7-21(10-12)13-3-6-17-14(19-13)20-8-4-16(5-9-20)11-18-15(23)24-16/h3,6,12,22H,1-2,4-5,7-11H2,(H,18,23)/t12-/m1/s1. The fourth-order valence-electron chi connectivity index (χ4n) is 3.73. The molecule has 3 saturated heterocycles. The van der Waals surface area contributed by atoms with Crippen molar-refractivity contribution in [1.82, 2.24) is 15.3 Å². The molecule has 130 valence electrons. The number of ether oxygens (including phenoxy) is 1. The lowest BCUT2D eigenvalue weighted by Gasteiger charge is -2.37. The molecular formula is C16H23N5O3. The number of alkyl carbamates (subject to hydrolysis) is 1. The molecule has 0 saturated carbocycles. The van der Waals surface area contributed by atoms with Crippen LogP contribution in [-0.2, 0) is 4.74 Å². The maximum atomic E-state index is 11.3. The first-order valence-electron chi connectivity index (χ1n) is 8.61. The van der Waals surface area contributed by atoms with E-state index in [1.165, 1.54) is 0 Å². The quantitative estimate of drug-likeness (QED) is 0.815. The van der Waals surface area contributed by atoms with Crippen molar-refractivity contribution in [1.29, 1.82) is 0 Å². The first-order valence-corrected chi connectivity index (χ1v) is 8.61. The Hall–Kier alpha value is -2.09. The van der Waals surface area contributed by atoms with E-state index in [-0.39, 0.29) is 17.8 Å². The van der Waals surface area contributed by atoms with Gasteiger partial charge in [-0.3, -0.25) is 0 Å². The van der Waals surface area contributed by atoms with Crippen LogP contribution in [0.15, 0.2) is 12.3 Å². The number of carbonyl (C=O) groups is 1. The fraction of sp³-hybridized carbons (Fsp3) is 0.688. The van der Waals surface area contributed by atoms with Crippen LogP contribution >= 0.6 is 0 Å². The van der Waals surface area contributed by atoms with Gasteiger partial charge in [-0.05, 0) is 18.9 Å². The number of hydrogen-bond donors (Lipinski definition) is 2. The van der Waals surface area contributed by atoms with Gasteiger partial charge in [-0.1, -0.05) is 0 Å². The molecule has 3 aliphatic rings. The van der Waals surface area contributed by atoms with E-state index in [4.69, 9.17) is 9.72 Å². The summed E-state index contributed by atoms with van der Waals surface area (Å²) >= 11 is 0. The first kappa shape index (κ1) is 15.4. The number of aliphatic hydroxyl groups is 1. The summed E-state index contributed by atoms with van der Waals surface area (Å²) in [6, 6.07) is 1.90. The van der Waals surface area contributed by atoms with Crippen LogP contribution in [0.25, 0.3) is 0 Å². The van der Waals surface area contributed by atoms with Crippen LogP contribution in [0.3, 0.4) is 0 Å². The van der Waals surface area contributed by atoms with Gasteiger partial charge in [-0.2, -0.15) is 4.98 Å². The van der Waals surface area contributed by atoms with E-state index in [1.807, 2.05) is 6.07 Å². The Morgan fingerprint density at radius 3 is 2.83 bits per heavy atom. The van der Waals surface area contributed by atoms with Crippen molar-refractivity contribution in [3.8, 4) is 0 Å². The lowest BCUT2D eigenvalue weighted by Crippen LogP contribution is -2.47. The number of rotatable bonds is 2. The average Bonchev–Trinajstić information content (AvgIpc) is 2.96. The lowest BCUT2D eigenvalue weighted by molar-refractivity contribution is 0.0364. The highest BCUT2D eigenvalue weighted by Crippen LogP contribution is 2.31. The Kier molecular flexibility index (Phi) is 3.91. The molecule has 24 heavy (non-hydrogen) atoms.